The highest BCUT2D eigenvalue weighted by molar-refractivity contribution is 6.34. The van der Waals surface area contributed by atoms with Crippen LogP contribution >= 0.6 is 11.6 Å². The number of hydrogen-bond donors (Lipinski definition) is 1. The first-order valence-corrected chi connectivity index (χ1v) is 7.84. The van der Waals surface area contributed by atoms with Crippen molar-refractivity contribution in [2.24, 2.45) is 5.92 Å². The minimum Gasteiger partial charge on any atom is -0.398 e. The molecular weight excluding hydrogens is 272 g/mol. The molecule has 4 heteroatoms. The van der Waals surface area contributed by atoms with E-state index in [1.165, 1.54) is 19.3 Å². The van der Waals surface area contributed by atoms with E-state index in [-0.39, 0.29) is 5.91 Å². The highest BCUT2D eigenvalue weighted by Crippen LogP contribution is 2.27. The summed E-state index contributed by atoms with van der Waals surface area (Å²) in [5.74, 6) is 0.728. The molecule has 1 aliphatic heterocycles. The summed E-state index contributed by atoms with van der Waals surface area (Å²) in [5, 5.41) is 0.448. The van der Waals surface area contributed by atoms with Crippen LogP contribution in [-0.2, 0) is 0 Å². The van der Waals surface area contributed by atoms with E-state index in [1.54, 1.807) is 18.2 Å². The summed E-state index contributed by atoms with van der Waals surface area (Å²) in [5.41, 5.74) is 6.84. The van der Waals surface area contributed by atoms with Gasteiger partial charge in [-0.15, -0.1) is 0 Å². The van der Waals surface area contributed by atoms with E-state index in [0.29, 0.717) is 16.3 Å². The third-order valence-corrected chi connectivity index (χ3v) is 4.41. The molecule has 1 saturated heterocycles. The van der Waals surface area contributed by atoms with Crippen LogP contribution in [0.3, 0.4) is 0 Å². The lowest BCUT2D eigenvalue weighted by atomic mass is 9.96. The Morgan fingerprint density at radius 2 is 2.20 bits per heavy atom. The number of carbonyl (C=O) groups is 1. The maximum Gasteiger partial charge on any atom is 0.257 e. The Balaban J connectivity index is 2.10. The number of hydrogen-bond acceptors (Lipinski definition) is 2. The van der Waals surface area contributed by atoms with E-state index >= 15 is 0 Å². The molecule has 1 heterocycles. The van der Waals surface area contributed by atoms with E-state index in [4.69, 9.17) is 17.3 Å². The smallest absolute Gasteiger partial charge is 0.257 e. The van der Waals surface area contributed by atoms with Crippen molar-refractivity contribution in [3.8, 4) is 0 Å². The number of likely N-dealkylation sites (tertiary alicyclic amines) is 1. The molecule has 1 unspecified atom stereocenters. The van der Waals surface area contributed by atoms with Crippen LogP contribution in [-0.4, -0.2) is 23.9 Å². The van der Waals surface area contributed by atoms with Gasteiger partial charge in [0.2, 0.25) is 0 Å². The molecule has 110 valence electrons. The van der Waals surface area contributed by atoms with Gasteiger partial charge in [0.05, 0.1) is 10.6 Å². The maximum absolute atomic E-state index is 12.6. The molecule has 20 heavy (non-hydrogen) atoms. The first-order chi connectivity index (χ1) is 9.63. The molecular formula is C16H23ClN2O. The number of nitrogens with two attached hydrogens (primary N) is 1. The molecule has 1 amide bonds. The number of anilines is 1. The summed E-state index contributed by atoms with van der Waals surface area (Å²) in [7, 11) is 0. The summed E-state index contributed by atoms with van der Waals surface area (Å²) >= 11 is 6.14. The highest BCUT2D eigenvalue weighted by Gasteiger charge is 2.24. The van der Waals surface area contributed by atoms with Gasteiger partial charge < -0.3 is 10.6 Å². The third-order valence-electron chi connectivity index (χ3n) is 4.09. The van der Waals surface area contributed by atoms with Crippen LogP contribution in [0.1, 0.15) is 49.4 Å². The Hall–Kier alpha value is -1.22. The van der Waals surface area contributed by atoms with Crippen LogP contribution < -0.4 is 5.73 Å². The molecule has 1 aromatic rings. The van der Waals surface area contributed by atoms with Crippen molar-refractivity contribution in [2.45, 2.75) is 39.0 Å². The average molecular weight is 295 g/mol. The van der Waals surface area contributed by atoms with Crippen LogP contribution in [0, 0.1) is 5.92 Å². The van der Waals surface area contributed by atoms with Gasteiger partial charge >= 0.3 is 0 Å². The average Bonchev–Trinajstić information content (AvgIpc) is 2.64. The third kappa shape index (κ3) is 3.45. The second-order valence-electron chi connectivity index (χ2n) is 5.58. The number of amides is 1. The molecule has 1 atom stereocenters. The highest BCUT2D eigenvalue weighted by atomic mass is 35.5. The lowest BCUT2D eigenvalue weighted by Gasteiger charge is -2.22. The van der Waals surface area contributed by atoms with Crippen molar-refractivity contribution >= 4 is 23.2 Å². The number of rotatable bonds is 3. The van der Waals surface area contributed by atoms with Gasteiger partial charge in [-0.1, -0.05) is 37.4 Å². The number of nitrogens with zero attached hydrogens (tertiary/aromatic N) is 1. The van der Waals surface area contributed by atoms with Crippen molar-refractivity contribution in [3.63, 3.8) is 0 Å². The Kier molecular flexibility index (Phi) is 5.30. The first kappa shape index (κ1) is 15.2. The zero-order valence-electron chi connectivity index (χ0n) is 12.1. The minimum absolute atomic E-state index is 0.0229. The van der Waals surface area contributed by atoms with Gasteiger partial charge in [0.1, 0.15) is 0 Å². The SMILES string of the molecule is CCCC1CCCN(C(=O)c2c(N)cccc2Cl)CC1. The number of benzene rings is 1. The summed E-state index contributed by atoms with van der Waals surface area (Å²) in [6.07, 6.45) is 5.85. The predicted molar refractivity (Wildman–Crippen MR) is 84.0 cm³/mol. The van der Waals surface area contributed by atoms with E-state index in [1.807, 2.05) is 4.90 Å². The fraction of sp³-hybridized carbons (Fsp3) is 0.562. The molecule has 0 saturated carbocycles. The van der Waals surface area contributed by atoms with Crippen LogP contribution in [0.15, 0.2) is 18.2 Å². The molecule has 1 fully saturated rings. The van der Waals surface area contributed by atoms with E-state index < -0.39 is 0 Å². The second kappa shape index (κ2) is 6.98. The molecule has 0 aromatic heterocycles. The largest absolute Gasteiger partial charge is 0.398 e. The molecule has 0 radical (unpaired) electrons. The topological polar surface area (TPSA) is 46.3 Å². The lowest BCUT2D eigenvalue weighted by molar-refractivity contribution is 0.0761. The quantitative estimate of drug-likeness (QED) is 0.858. The molecule has 2 N–H and O–H groups in total. The van der Waals surface area contributed by atoms with Gasteiger partial charge in [-0.25, -0.2) is 0 Å². The van der Waals surface area contributed by atoms with Crippen LogP contribution in [0.4, 0.5) is 5.69 Å². The first-order valence-electron chi connectivity index (χ1n) is 7.46. The Morgan fingerprint density at radius 1 is 1.40 bits per heavy atom. The summed E-state index contributed by atoms with van der Waals surface area (Å²) < 4.78 is 0. The van der Waals surface area contributed by atoms with E-state index in [0.717, 1.165) is 31.8 Å². The molecule has 1 aromatic carbocycles. The van der Waals surface area contributed by atoms with Crippen LogP contribution in [0.5, 0.6) is 0 Å². The summed E-state index contributed by atoms with van der Waals surface area (Å²) in [6, 6.07) is 5.23. The van der Waals surface area contributed by atoms with Gasteiger partial charge in [0.25, 0.3) is 5.91 Å². The number of carbonyl (C=O) groups excluding carboxylic acids is 1. The number of nitrogen functional groups attached to an aromatic ring is 1. The van der Waals surface area contributed by atoms with Crippen LogP contribution in [0.25, 0.3) is 0 Å². The summed E-state index contributed by atoms with van der Waals surface area (Å²) in [6.45, 7) is 3.84. The predicted octanol–water partition coefficient (Wildman–Crippen LogP) is 3.96. The standard InChI is InChI=1S/C16H23ClN2O/c1-2-5-12-6-4-10-19(11-9-12)16(20)15-13(17)7-3-8-14(15)18/h3,7-8,12H,2,4-6,9-11,18H2,1H3. The van der Waals surface area contributed by atoms with Crippen molar-refractivity contribution < 1.29 is 4.79 Å². The molecule has 0 aliphatic carbocycles. The number of halogens is 1. The fourth-order valence-corrected chi connectivity index (χ4v) is 3.25. The van der Waals surface area contributed by atoms with Gasteiger partial charge in [-0.05, 0) is 37.3 Å². The zero-order valence-corrected chi connectivity index (χ0v) is 12.8. The fourth-order valence-electron chi connectivity index (χ4n) is 2.99. The molecule has 1 aliphatic rings. The summed E-state index contributed by atoms with van der Waals surface area (Å²) in [4.78, 5) is 14.5. The Labute approximate surface area is 126 Å². The Bertz CT molecular complexity index is 455. The van der Waals surface area contributed by atoms with E-state index in [9.17, 15) is 4.79 Å². The molecule has 2 rings (SSSR count). The normalized spacial score (nSPS) is 19.7. The van der Waals surface area contributed by atoms with Crippen molar-refractivity contribution in [1.82, 2.24) is 4.90 Å². The second-order valence-corrected chi connectivity index (χ2v) is 5.99. The van der Waals surface area contributed by atoms with Crippen molar-refractivity contribution in [3.05, 3.63) is 28.8 Å². The molecule has 0 spiro atoms. The lowest BCUT2D eigenvalue weighted by Crippen LogP contribution is -2.32. The zero-order chi connectivity index (χ0) is 14.5. The molecule has 0 bridgehead atoms. The molecule has 3 nitrogen and oxygen atoms in total. The maximum atomic E-state index is 12.6. The van der Waals surface area contributed by atoms with E-state index in [2.05, 4.69) is 6.92 Å². The van der Waals surface area contributed by atoms with Crippen LogP contribution in [0.2, 0.25) is 5.02 Å². The van der Waals surface area contributed by atoms with Crippen molar-refractivity contribution in [2.75, 3.05) is 18.8 Å². The van der Waals surface area contributed by atoms with Gasteiger partial charge in [-0.3, -0.25) is 4.79 Å². The minimum atomic E-state index is -0.0229. The monoisotopic (exact) mass is 294 g/mol. The Morgan fingerprint density at radius 3 is 2.90 bits per heavy atom. The van der Waals surface area contributed by atoms with Gasteiger partial charge in [-0.2, -0.15) is 0 Å². The van der Waals surface area contributed by atoms with Gasteiger partial charge in [0.15, 0.2) is 0 Å². The van der Waals surface area contributed by atoms with Gasteiger partial charge in [0, 0.05) is 18.8 Å². The van der Waals surface area contributed by atoms with Crippen molar-refractivity contribution in [1.29, 1.82) is 0 Å².